The minimum atomic E-state index is -0.198. The van der Waals surface area contributed by atoms with Crippen LogP contribution >= 0.6 is 11.8 Å². The summed E-state index contributed by atoms with van der Waals surface area (Å²) in [6, 6.07) is 14.7. The molecule has 1 heterocycles. The maximum Gasteiger partial charge on any atom is 0.123 e. The predicted octanol–water partition coefficient (Wildman–Crippen LogP) is 5.04. The van der Waals surface area contributed by atoms with Gasteiger partial charge in [-0.1, -0.05) is 36.9 Å². The lowest BCUT2D eigenvalue weighted by molar-refractivity contribution is 0.627. The zero-order valence-corrected chi connectivity index (χ0v) is 11.7. The number of benzene rings is 2. The minimum Gasteiger partial charge on any atom is -0.350 e. The number of hydrogen-bond donors (Lipinski definition) is 1. The SMILES string of the molecule is C=C1C=C(SCc2ccc(F)cc2)Nc2ccccc21. The molecule has 3 rings (SSSR count). The van der Waals surface area contributed by atoms with Gasteiger partial charge in [0.15, 0.2) is 0 Å². The molecule has 3 heteroatoms. The van der Waals surface area contributed by atoms with E-state index in [2.05, 4.69) is 24.0 Å². The molecule has 0 bridgehead atoms. The first kappa shape index (κ1) is 13.0. The van der Waals surface area contributed by atoms with Crippen LogP contribution in [0.4, 0.5) is 10.1 Å². The summed E-state index contributed by atoms with van der Waals surface area (Å²) >= 11 is 1.69. The van der Waals surface area contributed by atoms with Crippen molar-refractivity contribution in [2.45, 2.75) is 5.75 Å². The minimum absolute atomic E-state index is 0.198. The van der Waals surface area contributed by atoms with Crippen molar-refractivity contribution < 1.29 is 4.39 Å². The number of thioether (sulfide) groups is 1. The third-order valence-electron chi connectivity index (χ3n) is 3.14. The van der Waals surface area contributed by atoms with Crippen LogP contribution in [0.25, 0.3) is 5.57 Å². The van der Waals surface area contributed by atoms with E-state index < -0.39 is 0 Å². The second kappa shape index (κ2) is 5.55. The van der Waals surface area contributed by atoms with Gasteiger partial charge in [0.1, 0.15) is 5.82 Å². The van der Waals surface area contributed by atoms with Gasteiger partial charge in [0.25, 0.3) is 0 Å². The van der Waals surface area contributed by atoms with Gasteiger partial charge < -0.3 is 5.32 Å². The fourth-order valence-electron chi connectivity index (χ4n) is 2.10. The van der Waals surface area contributed by atoms with Gasteiger partial charge in [0.05, 0.1) is 5.03 Å². The molecule has 100 valence electrons. The van der Waals surface area contributed by atoms with E-state index in [1.54, 1.807) is 11.8 Å². The smallest absolute Gasteiger partial charge is 0.123 e. The Labute approximate surface area is 122 Å². The number of anilines is 1. The molecule has 0 unspecified atom stereocenters. The fourth-order valence-corrected chi connectivity index (χ4v) is 3.02. The quantitative estimate of drug-likeness (QED) is 0.847. The number of fused-ring (bicyclic) bond motifs is 1. The van der Waals surface area contributed by atoms with Crippen LogP contribution < -0.4 is 5.32 Å². The summed E-state index contributed by atoms with van der Waals surface area (Å²) in [4.78, 5) is 0. The molecule has 0 aromatic heterocycles. The van der Waals surface area contributed by atoms with Gasteiger partial charge in [-0.2, -0.15) is 0 Å². The first-order valence-electron chi connectivity index (χ1n) is 6.36. The van der Waals surface area contributed by atoms with Crippen molar-refractivity contribution in [1.82, 2.24) is 0 Å². The lowest BCUT2D eigenvalue weighted by Crippen LogP contribution is -2.04. The Bertz CT molecular complexity index is 674. The zero-order valence-electron chi connectivity index (χ0n) is 10.9. The van der Waals surface area contributed by atoms with Crippen LogP contribution in [-0.2, 0) is 5.75 Å². The van der Waals surface area contributed by atoms with Crippen molar-refractivity contribution in [3.05, 3.63) is 83.2 Å². The molecule has 0 aliphatic carbocycles. The Kier molecular flexibility index (Phi) is 3.61. The molecule has 0 radical (unpaired) electrons. The number of rotatable bonds is 3. The summed E-state index contributed by atoms with van der Waals surface area (Å²) in [7, 11) is 0. The summed E-state index contributed by atoms with van der Waals surface area (Å²) < 4.78 is 12.9. The van der Waals surface area contributed by atoms with Gasteiger partial charge in [-0.15, -0.1) is 11.8 Å². The van der Waals surface area contributed by atoms with Gasteiger partial charge in [0, 0.05) is 17.0 Å². The standard InChI is InChI=1S/C17H14FNS/c1-12-10-17(19-16-5-3-2-4-15(12)16)20-11-13-6-8-14(18)9-7-13/h2-10,19H,1,11H2. The lowest BCUT2D eigenvalue weighted by atomic mass is 10.0. The molecule has 0 atom stereocenters. The van der Waals surface area contributed by atoms with Crippen molar-refractivity contribution >= 4 is 23.0 Å². The summed E-state index contributed by atoms with van der Waals surface area (Å²) in [5, 5.41) is 4.47. The largest absolute Gasteiger partial charge is 0.350 e. The average Bonchev–Trinajstić information content (AvgIpc) is 2.47. The predicted molar refractivity (Wildman–Crippen MR) is 84.9 cm³/mol. The molecule has 1 nitrogen and oxygen atoms in total. The van der Waals surface area contributed by atoms with Crippen LogP contribution in [0, 0.1) is 5.82 Å². The summed E-state index contributed by atoms with van der Waals surface area (Å²) in [5.41, 5.74) is 4.34. The number of allylic oxidation sites excluding steroid dienone is 2. The highest BCUT2D eigenvalue weighted by atomic mass is 32.2. The molecule has 1 N–H and O–H groups in total. The molecule has 0 fully saturated rings. The van der Waals surface area contributed by atoms with E-state index in [0.29, 0.717) is 0 Å². The summed E-state index contributed by atoms with van der Waals surface area (Å²) in [5.74, 6) is 0.602. The van der Waals surface area contributed by atoms with Gasteiger partial charge in [-0.05, 0) is 35.4 Å². The zero-order chi connectivity index (χ0) is 13.9. The lowest BCUT2D eigenvalue weighted by Gasteiger charge is -2.20. The monoisotopic (exact) mass is 283 g/mol. The van der Waals surface area contributed by atoms with E-state index in [1.807, 2.05) is 30.3 Å². The molecule has 20 heavy (non-hydrogen) atoms. The highest BCUT2D eigenvalue weighted by molar-refractivity contribution is 8.02. The van der Waals surface area contributed by atoms with Gasteiger partial charge in [-0.25, -0.2) is 4.39 Å². The van der Waals surface area contributed by atoms with Gasteiger partial charge in [-0.3, -0.25) is 0 Å². The molecular formula is C17H14FNS. The van der Waals surface area contributed by atoms with Crippen molar-refractivity contribution in [3.8, 4) is 0 Å². The number of nitrogens with one attached hydrogen (secondary N) is 1. The molecule has 2 aromatic carbocycles. The Balaban J connectivity index is 1.70. The van der Waals surface area contributed by atoms with E-state index in [-0.39, 0.29) is 5.82 Å². The molecule has 0 amide bonds. The Morgan fingerprint density at radius 1 is 1.05 bits per heavy atom. The highest BCUT2D eigenvalue weighted by Gasteiger charge is 2.12. The van der Waals surface area contributed by atoms with Crippen molar-refractivity contribution in [2.24, 2.45) is 0 Å². The Hall–Kier alpha value is -2.00. The third-order valence-corrected chi connectivity index (χ3v) is 4.15. The van der Waals surface area contributed by atoms with Crippen LogP contribution in [-0.4, -0.2) is 0 Å². The summed E-state index contributed by atoms with van der Waals surface area (Å²) in [6.45, 7) is 4.09. The Morgan fingerprint density at radius 3 is 2.60 bits per heavy atom. The van der Waals surface area contributed by atoms with Crippen molar-refractivity contribution in [3.63, 3.8) is 0 Å². The molecule has 0 spiro atoms. The fraction of sp³-hybridized carbons (Fsp3) is 0.0588. The highest BCUT2D eigenvalue weighted by Crippen LogP contribution is 2.34. The van der Waals surface area contributed by atoms with Crippen LogP contribution in [0.15, 0.2) is 66.2 Å². The Morgan fingerprint density at radius 2 is 1.80 bits per heavy atom. The molecule has 2 aromatic rings. The number of para-hydroxylation sites is 1. The topological polar surface area (TPSA) is 12.0 Å². The second-order valence-corrected chi connectivity index (χ2v) is 5.64. The average molecular weight is 283 g/mol. The van der Waals surface area contributed by atoms with E-state index in [9.17, 15) is 4.39 Å². The molecule has 1 aliphatic heterocycles. The van der Waals surface area contributed by atoms with Crippen LogP contribution in [0.2, 0.25) is 0 Å². The van der Waals surface area contributed by atoms with E-state index in [1.165, 1.54) is 12.1 Å². The van der Waals surface area contributed by atoms with E-state index >= 15 is 0 Å². The van der Waals surface area contributed by atoms with Gasteiger partial charge in [0.2, 0.25) is 0 Å². The number of halogens is 1. The van der Waals surface area contributed by atoms with E-state index in [4.69, 9.17) is 0 Å². The van der Waals surface area contributed by atoms with E-state index in [0.717, 1.165) is 33.2 Å². The molecule has 0 saturated carbocycles. The van der Waals surface area contributed by atoms with Crippen molar-refractivity contribution in [1.29, 1.82) is 0 Å². The first-order chi connectivity index (χ1) is 9.72. The molecule has 1 aliphatic rings. The maximum atomic E-state index is 12.9. The van der Waals surface area contributed by atoms with Crippen LogP contribution in [0.1, 0.15) is 11.1 Å². The van der Waals surface area contributed by atoms with Crippen LogP contribution in [0.3, 0.4) is 0 Å². The molecule has 0 saturated heterocycles. The first-order valence-corrected chi connectivity index (χ1v) is 7.35. The third kappa shape index (κ3) is 2.78. The molecular weight excluding hydrogens is 269 g/mol. The maximum absolute atomic E-state index is 12.9. The van der Waals surface area contributed by atoms with Crippen LogP contribution in [0.5, 0.6) is 0 Å². The number of hydrogen-bond acceptors (Lipinski definition) is 2. The summed E-state index contributed by atoms with van der Waals surface area (Å²) in [6.07, 6.45) is 2.05. The van der Waals surface area contributed by atoms with Crippen molar-refractivity contribution in [2.75, 3.05) is 5.32 Å². The second-order valence-electron chi connectivity index (χ2n) is 4.62. The van der Waals surface area contributed by atoms with Gasteiger partial charge >= 0.3 is 0 Å². The normalized spacial score (nSPS) is 13.4.